The van der Waals surface area contributed by atoms with Crippen molar-refractivity contribution in [3.8, 4) is 34.7 Å². The fourth-order valence-electron chi connectivity index (χ4n) is 5.04. The second-order valence-electron chi connectivity index (χ2n) is 9.71. The lowest BCUT2D eigenvalue weighted by Crippen LogP contribution is -2.34. The number of fused-ring (bicyclic) bond motifs is 1. The fourth-order valence-corrected chi connectivity index (χ4v) is 5.04. The van der Waals surface area contributed by atoms with Crippen LogP contribution in [-0.4, -0.2) is 40.9 Å². The van der Waals surface area contributed by atoms with Crippen molar-refractivity contribution < 1.29 is 9.26 Å². The molecule has 1 fully saturated rings. The van der Waals surface area contributed by atoms with Crippen LogP contribution in [0.1, 0.15) is 56.3 Å². The predicted molar refractivity (Wildman–Crippen MR) is 130 cm³/mol. The van der Waals surface area contributed by atoms with Gasteiger partial charge in [-0.25, -0.2) is 0 Å². The molecule has 1 saturated heterocycles. The van der Waals surface area contributed by atoms with Crippen LogP contribution in [0.5, 0.6) is 5.75 Å². The Bertz CT molecular complexity index is 1210. The van der Waals surface area contributed by atoms with Crippen molar-refractivity contribution in [1.29, 1.82) is 5.26 Å². The molecular formula is C27H31N5O2. The molecule has 0 unspecified atom stereocenters. The van der Waals surface area contributed by atoms with Gasteiger partial charge >= 0.3 is 0 Å². The molecule has 2 atom stereocenters. The van der Waals surface area contributed by atoms with Crippen molar-refractivity contribution in [3.63, 3.8) is 0 Å². The molecule has 0 spiro atoms. The molecule has 34 heavy (non-hydrogen) atoms. The molecule has 0 radical (unpaired) electrons. The quantitative estimate of drug-likeness (QED) is 0.538. The summed E-state index contributed by atoms with van der Waals surface area (Å²) in [6, 6.07) is 14.3. The molecule has 0 amide bonds. The zero-order valence-electron chi connectivity index (χ0n) is 20.0. The van der Waals surface area contributed by atoms with E-state index in [1.807, 2.05) is 19.9 Å². The normalized spacial score (nSPS) is 20.0. The number of aromatic nitrogens is 2. The van der Waals surface area contributed by atoms with E-state index in [9.17, 15) is 5.26 Å². The van der Waals surface area contributed by atoms with Crippen LogP contribution in [0, 0.1) is 17.2 Å². The summed E-state index contributed by atoms with van der Waals surface area (Å²) in [5, 5.41) is 17.6. The average Bonchev–Trinajstić information content (AvgIpc) is 3.57. The zero-order chi connectivity index (χ0) is 23.7. The van der Waals surface area contributed by atoms with Crippen LogP contribution in [-0.2, 0) is 6.42 Å². The highest BCUT2D eigenvalue weighted by Crippen LogP contribution is 2.37. The topological polar surface area (TPSA) is 87.2 Å². The van der Waals surface area contributed by atoms with E-state index in [-0.39, 0.29) is 6.10 Å². The number of hydrogen-bond acceptors (Lipinski definition) is 7. The van der Waals surface area contributed by atoms with Crippen LogP contribution in [0.25, 0.3) is 22.8 Å². The first-order chi connectivity index (χ1) is 16.5. The molecule has 7 heteroatoms. The molecule has 5 rings (SSSR count). The van der Waals surface area contributed by atoms with Crippen LogP contribution < -0.4 is 10.1 Å². The van der Waals surface area contributed by atoms with E-state index in [1.54, 1.807) is 12.1 Å². The number of nitrogens with zero attached hydrogens (tertiary/aromatic N) is 4. The average molecular weight is 458 g/mol. The Hall–Kier alpha value is -3.21. The molecule has 1 N–H and O–H groups in total. The molecule has 7 nitrogen and oxygen atoms in total. The summed E-state index contributed by atoms with van der Waals surface area (Å²) in [6.45, 7) is 9.48. The Kier molecular flexibility index (Phi) is 6.36. The lowest BCUT2D eigenvalue weighted by Gasteiger charge is -2.20. The van der Waals surface area contributed by atoms with Crippen LogP contribution in [0.4, 0.5) is 0 Å². The van der Waals surface area contributed by atoms with Gasteiger partial charge in [-0.3, -0.25) is 10.2 Å². The summed E-state index contributed by atoms with van der Waals surface area (Å²) in [5.41, 5.74) is 4.80. The minimum Gasteiger partial charge on any atom is -0.490 e. The summed E-state index contributed by atoms with van der Waals surface area (Å²) in [7, 11) is 0. The van der Waals surface area contributed by atoms with Crippen LogP contribution >= 0.6 is 0 Å². The molecule has 2 heterocycles. The second kappa shape index (κ2) is 9.57. The SMILES string of the molecule is CC(C)Oc1ccc(-c2nc(-c3cccc4c3CC[C@H]4NCN3CC[C@@H](C)C3)no2)cc1C#N. The highest BCUT2D eigenvalue weighted by molar-refractivity contribution is 5.67. The Balaban J connectivity index is 1.35. The van der Waals surface area contributed by atoms with Gasteiger partial charge in [-0.15, -0.1) is 0 Å². The first-order valence-corrected chi connectivity index (χ1v) is 12.1. The number of nitriles is 1. The molecule has 2 aromatic carbocycles. The van der Waals surface area contributed by atoms with Gasteiger partial charge in [-0.1, -0.05) is 30.3 Å². The molecule has 2 aliphatic rings. The van der Waals surface area contributed by atoms with Crippen molar-refractivity contribution in [2.45, 2.75) is 52.2 Å². The van der Waals surface area contributed by atoms with Crippen molar-refractivity contribution in [3.05, 3.63) is 53.1 Å². The maximum atomic E-state index is 9.54. The van der Waals surface area contributed by atoms with E-state index < -0.39 is 0 Å². The highest BCUT2D eigenvalue weighted by Gasteiger charge is 2.27. The smallest absolute Gasteiger partial charge is 0.258 e. The Morgan fingerprint density at radius 2 is 2.15 bits per heavy atom. The Morgan fingerprint density at radius 3 is 2.91 bits per heavy atom. The summed E-state index contributed by atoms with van der Waals surface area (Å²) < 4.78 is 11.3. The van der Waals surface area contributed by atoms with Gasteiger partial charge in [0.1, 0.15) is 11.8 Å². The number of nitrogens with one attached hydrogen (secondary N) is 1. The minimum absolute atomic E-state index is 0.00892. The summed E-state index contributed by atoms with van der Waals surface area (Å²) in [4.78, 5) is 7.18. The molecule has 0 saturated carbocycles. The van der Waals surface area contributed by atoms with Crippen molar-refractivity contribution >= 4 is 0 Å². The van der Waals surface area contributed by atoms with Gasteiger partial charge in [0.15, 0.2) is 0 Å². The van der Waals surface area contributed by atoms with Crippen LogP contribution in [0.2, 0.25) is 0 Å². The Morgan fingerprint density at radius 1 is 1.26 bits per heavy atom. The van der Waals surface area contributed by atoms with Gasteiger partial charge in [0.25, 0.3) is 5.89 Å². The van der Waals surface area contributed by atoms with Crippen molar-refractivity contribution in [1.82, 2.24) is 20.4 Å². The molecule has 1 aromatic heterocycles. The van der Waals surface area contributed by atoms with Gasteiger partial charge in [0, 0.05) is 30.4 Å². The number of likely N-dealkylation sites (tertiary alicyclic amines) is 1. The van der Waals surface area contributed by atoms with E-state index in [0.29, 0.717) is 34.6 Å². The Labute approximate surface area is 200 Å². The van der Waals surface area contributed by atoms with E-state index in [0.717, 1.165) is 31.0 Å². The van der Waals surface area contributed by atoms with Gasteiger partial charge in [-0.05, 0) is 74.9 Å². The first kappa shape index (κ1) is 22.6. The summed E-state index contributed by atoms with van der Waals surface area (Å²) in [5.74, 6) is 2.33. The molecule has 3 aromatic rings. The van der Waals surface area contributed by atoms with E-state index in [2.05, 4.69) is 51.5 Å². The number of benzene rings is 2. The van der Waals surface area contributed by atoms with E-state index >= 15 is 0 Å². The van der Waals surface area contributed by atoms with E-state index in [1.165, 1.54) is 30.6 Å². The van der Waals surface area contributed by atoms with E-state index in [4.69, 9.17) is 9.26 Å². The zero-order valence-corrected chi connectivity index (χ0v) is 20.0. The monoisotopic (exact) mass is 457 g/mol. The summed E-state index contributed by atoms with van der Waals surface area (Å²) >= 11 is 0. The minimum atomic E-state index is -0.00892. The number of hydrogen-bond donors (Lipinski definition) is 1. The molecule has 1 aliphatic heterocycles. The molecule has 176 valence electrons. The summed E-state index contributed by atoms with van der Waals surface area (Å²) in [6.07, 6.45) is 3.34. The molecular weight excluding hydrogens is 426 g/mol. The number of ether oxygens (including phenoxy) is 1. The standard InChI is InChI=1S/C27H31N5O2/c1-17(2)33-25-10-7-19(13-20(25)14-28)27-30-26(31-34-27)23-6-4-5-22-21(23)8-9-24(22)29-16-32-12-11-18(3)15-32/h4-7,10,13,17-18,24,29H,8-9,11-12,15-16H2,1-3H3/t18-,24-/m1/s1. The first-order valence-electron chi connectivity index (χ1n) is 12.1. The second-order valence-corrected chi connectivity index (χ2v) is 9.71. The van der Waals surface area contributed by atoms with Crippen LogP contribution in [0.15, 0.2) is 40.9 Å². The van der Waals surface area contributed by atoms with Crippen molar-refractivity contribution in [2.24, 2.45) is 5.92 Å². The third-order valence-corrected chi connectivity index (χ3v) is 6.72. The van der Waals surface area contributed by atoms with Crippen molar-refractivity contribution in [2.75, 3.05) is 19.8 Å². The van der Waals surface area contributed by atoms with Gasteiger partial charge in [0.05, 0.1) is 11.7 Å². The predicted octanol–water partition coefficient (Wildman–Crippen LogP) is 4.94. The maximum absolute atomic E-state index is 9.54. The third-order valence-electron chi connectivity index (χ3n) is 6.72. The van der Waals surface area contributed by atoms with Gasteiger partial charge in [-0.2, -0.15) is 10.2 Å². The number of rotatable bonds is 7. The van der Waals surface area contributed by atoms with Gasteiger partial charge < -0.3 is 9.26 Å². The lowest BCUT2D eigenvalue weighted by molar-refractivity contribution is 0.241. The fraction of sp³-hybridized carbons (Fsp3) is 0.444. The third kappa shape index (κ3) is 4.56. The van der Waals surface area contributed by atoms with Crippen LogP contribution in [0.3, 0.4) is 0 Å². The largest absolute Gasteiger partial charge is 0.490 e. The van der Waals surface area contributed by atoms with Gasteiger partial charge in [0.2, 0.25) is 5.82 Å². The highest BCUT2D eigenvalue weighted by atomic mass is 16.5. The molecule has 0 bridgehead atoms. The molecule has 1 aliphatic carbocycles. The maximum Gasteiger partial charge on any atom is 0.258 e. The lowest BCUT2D eigenvalue weighted by atomic mass is 10.0.